The summed E-state index contributed by atoms with van der Waals surface area (Å²) < 4.78 is 23.8. The van der Waals surface area contributed by atoms with Crippen LogP contribution in [0, 0.1) is 11.8 Å². The van der Waals surface area contributed by atoms with Gasteiger partial charge in [0.15, 0.2) is 0 Å². The van der Waals surface area contributed by atoms with Gasteiger partial charge >= 0.3 is 12.2 Å². The maximum Gasteiger partial charge on any atom is 0.407 e. The van der Waals surface area contributed by atoms with Gasteiger partial charge in [-0.1, -0.05) is 52.0 Å². The Labute approximate surface area is 426 Å². The number of methoxy groups -OCH3 is 2. The summed E-state index contributed by atoms with van der Waals surface area (Å²) in [6.45, 7) is 24.9. The van der Waals surface area contributed by atoms with Gasteiger partial charge in [0.05, 0.1) is 74.5 Å². The predicted octanol–water partition coefficient (Wildman–Crippen LogP) is 8.62. The van der Waals surface area contributed by atoms with Crippen molar-refractivity contribution >= 4 is 41.9 Å². The standard InChI is InChI=1S/C52H74N10O8.C2H6/c1-12-31(3)60(49(63)46(58-51(65)67-10)39-23-33(5)69-34(6)24-39)22-20-54-27-42(53-9)48-43-15-14-21-61(43)44(29-56-48)38-18-16-37(17-19-38)41-28-55-45(57-41)30-62(32(4)13-2)50(64)47(59-52(66)68-11)40-25-35(7)70-36(8)26-40;1-2/h14-19,21,27-29,31-36,39-40,46-47,54H,9,12-13,20,22-26,30H2,1-8,10-11H3,(H,55,57)(H,58,65)(H,59,66);1-2H3/b42-27-;/t31-,32-,33-,34+,35-,36+,39?,40?,46-,47-;/m0./s1. The van der Waals surface area contributed by atoms with Gasteiger partial charge < -0.3 is 54.1 Å². The van der Waals surface area contributed by atoms with E-state index in [1.807, 2.05) is 123 Å². The molecular weight excluding hydrogens is 917 g/mol. The number of fused-ring (bicyclic) bond motifs is 1. The number of imidazole rings is 1. The number of ether oxygens (including phenoxy) is 4. The topological polar surface area (TPSA) is 206 Å². The number of hydrogen-bond donors (Lipinski definition) is 4. The van der Waals surface area contributed by atoms with Crippen molar-refractivity contribution in [3.05, 3.63) is 72.7 Å². The number of amides is 4. The third-order valence-corrected chi connectivity index (χ3v) is 13.8. The molecule has 2 aliphatic heterocycles. The molecule has 0 radical (unpaired) electrons. The summed E-state index contributed by atoms with van der Waals surface area (Å²) in [6.07, 6.45) is 9.90. The molecule has 18 heteroatoms. The SMILES string of the molecule is C=N/C(=C\NCCN(C(=O)[C@@H](NC(=O)OC)C1C[C@@H](C)O[C@@H](C)C1)[C@@H](C)CC)c1ncc(-c2ccc(-c3cnc(CN(C(=O)[C@@H](NC(=O)OC)C4C[C@@H](C)O[C@@H](C)C4)[C@@H](C)CC)[nH]3)cc2)n2cccc12.CC. The molecular formula is C54H80N10O8. The average Bonchev–Trinajstić information content (AvgIpc) is 4.08. The lowest BCUT2D eigenvalue weighted by Crippen LogP contribution is -2.56. The van der Waals surface area contributed by atoms with Crippen molar-refractivity contribution in [2.75, 3.05) is 27.3 Å². The van der Waals surface area contributed by atoms with Crippen molar-refractivity contribution < 1.29 is 38.1 Å². The number of hydrogen-bond acceptors (Lipinski definition) is 12. The molecule has 0 aliphatic carbocycles. The van der Waals surface area contributed by atoms with E-state index < -0.39 is 24.3 Å². The van der Waals surface area contributed by atoms with E-state index in [2.05, 4.69) is 42.0 Å². The highest BCUT2D eigenvalue weighted by Crippen LogP contribution is 2.32. The highest BCUT2D eigenvalue weighted by Gasteiger charge is 2.40. The van der Waals surface area contributed by atoms with Crippen molar-refractivity contribution in [3.63, 3.8) is 0 Å². The smallest absolute Gasteiger partial charge is 0.407 e. The molecule has 0 bridgehead atoms. The van der Waals surface area contributed by atoms with Crippen LogP contribution in [0.4, 0.5) is 9.59 Å². The van der Waals surface area contributed by atoms with Crippen molar-refractivity contribution in [1.82, 2.24) is 45.1 Å². The molecule has 2 aliphatic rings. The van der Waals surface area contributed by atoms with Crippen molar-refractivity contribution in [2.45, 2.75) is 163 Å². The van der Waals surface area contributed by atoms with Gasteiger partial charge in [-0.2, -0.15) is 0 Å². The zero-order valence-corrected chi connectivity index (χ0v) is 44.6. The molecule has 2 fully saturated rings. The Morgan fingerprint density at radius 3 is 1.83 bits per heavy atom. The molecule has 0 spiro atoms. The molecule has 1 aromatic carbocycles. The summed E-state index contributed by atoms with van der Waals surface area (Å²) in [6, 6.07) is 10.3. The Hall–Kier alpha value is -6.27. The number of H-pyrrole nitrogens is 1. The third kappa shape index (κ3) is 14.2. The quantitative estimate of drug-likeness (QED) is 0.0487. The molecule has 10 atom stereocenters. The number of carbonyl (C=O) groups is 4. The van der Waals surface area contributed by atoms with Crippen molar-refractivity contribution in [2.24, 2.45) is 16.8 Å². The first-order valence-electron chi connectivity index (χ1n) is 25.7. The first-order valence-corrected chi connectivity index (χ1v) is 25.7. The lowest BCUT2D eigenvalue weighted by Gasteiger charge is -2.39. The van der Waals surface area contributed by atoms with Gasteiger partial charge in [-0.15, -0.1) is 0 Å². The molecule has 4 amide bonds. The van der Waals surface area contributed by atoms with Gasteiger partial charge in [-0.05, 0) is 116 Å². The van der Waals surface area contributed by atoms with E-state index in [1.54, 1.807) is 17.3 Å². The van der Waals surface area contributed by atoms with Crippen LogP contribution in [0.15, 0.2) is 66.2 Å². The Bertz CT molecular complexity index is 2420. The van der Waals surface area contributed by atoms with Gasteiger partial charge in [0.2, 0.25) is 11.8 Å². The first-order chi connectivity index (χ1) is 34.6. The summed E-state index contributed by atoms with van der Waals surface area (Å²) in [5.41, 5.74) is 5.52. The first kappa shape index (κ1) is 56.6. The lowest BCUT2D eigenvalue weighted by atomic mass is 9.85. The molecule has 18 nitrogen and oxygen atoms in total. The van der Waals surface area contributed by atoms with E-state index in [0.717, 1.165) is 34.5 Å². The number of aromatic nitrogens is 4. The van der Waals surface area contributed by atoms with Crippen LogP contribution in [0.3, 0.4) is 0 Å². The van der Waals surface area contributed by atoms with Gasteiger partial charge in [0.25, 0.3) is 0 Å². The maximum atomic E-state index is 14.4. The van der Waals surface area contributed by atoms with Crippen LogP contribution in [0.5, 0.6) is 0 Å². The zero-order valence-electron chi connectivity index (χ0n) is 44.6. The third-order valence-electron chi connectivity index (χ3n) is 13.8. The van der Waals surface area contributed by atoms with Crippen molar-refractivity contribution in [1.29, 1.82) is 0 Å². The van der Waals surface area contributed by atoms with Crippen LogP contribution < -0.4 is 16.0 Å². The van der Waals surface area contributed by atoms with Crippen LogP contribution in [-0.4, -0.2) is 136 Å². The van der Waals surface area contributed by atoms with Gasteiger partial charge in [0.1, 0.15) is 29.3 Å². The number of benzene rings is 1. The minimum atomic E-state index is -0.774. The zero-order chi connectivity index (χ0) is 52.6. The van der Waals surface area contributed by atoms with E-state index in [0.29, 0.717) is 62.4 Å². The number of aromatic amines is 1. The number of nitrogens with zero attached hydrogens (tertiary/aromatic N) is 6. The summed E-state index contributed by atoms with van der Waals surface area (Å²) in [5.74, 6) is 0.0716. The summed E-state index contributed by atoms with van der Waals surface area (Å²) in [4.78, 5) is 74.6. The monoisotopic (exact) mass is 997 g/mol. The van der Waals surface area contributed by atoms with E-state index in [-0.39, 0.29) is 66.7 Å². The maximum absolute atomic E-state index is 14.4. The van der Waals surface area contributed by atoms with Gasteiger partial charge in [0, 0.05) is 43.1 Å². The lowest BCUT2D eigenvalue weighted by molar-refractivity contribution is -0.141. The van der Waals surface area contributed by atoms with Crippen LogP contribution in [-0.2, 0) is 35.1 Å². The number of rotatable bonds is 20. The molecule has 4 N–H and O–H groups in total. The van der Waals surface area contributed by atoms with E-state index in [9.17, 15) is 19.2 Å². The summed E-state index contributed by atoms with van der Waals surface area (Å²) in [5, 5.41) is 9.04. The molecule has 2 saturated heterocycles. The van der Waals surface area contributed by atoms with Crippen molar-refractivity contribution in [3.8, 4) is 22.5 Å². The minimum Gasteiger partial charge on any atom is -0.453 e. The molecule has 72 heavy (non-hydrogen) atoms. The van der Waals surface area contributed by atoms with Gasteiger partial charge in [-0.25, -0.2) is 14.6 Å². The summed E-state index contributed by atoms with van der Waals surface area (Å²) in [7, 11) is 2.60. The molecule has 6 rings (SSSR count). The number of carbonyl (C=O) groups excluding carboxylic acids is 4. The molecule has 4 aromatic rings. The Kier molecular flexibility index (Phi) is 21.2. The number of alkyl carbamates (subject to hydrolysis) is 2. The van der Waals surface area contributed by atoms with Crippen LogP contribution in [0.25, 0.3) is 33.7 Å². The van der Waals surface area contributed by atoms with E-state index in [1.165, 1.54) is 14.2 Å². The van der Waals surface area contributed by atoms with Crippen LogP contribution in [0.2, 0.25) is 0 Å². The molecule has 2 unspecified atom stereocenters. The van der Waals surface area contributed by atoms with E-state index in [4.69, 9.17) is 23.9 Å². The fourth-order valence-corrected chi connectivity index (χ4v) is 9.95. The average molecular weight is 997 g/mol. The second-order valence-corrected chi connectivity index (χ2v) is 18.9. The predicted molar refractivity (Wildman–Crippen MR) is 281 cm³/mol. The molecule has 5 heterocycles. The molecule has 0 saturated carbocycles. The van der Waals surface area contributed by atoms with Crippen LogP contribution in [0.1, 0.15) is 119 Å². The van der Waals surface area contributed by atoms with Crippen LogP contribution >= 0.6 is 0 Å². The Morgan fingerprint density at radius 2 is 1.32 bits per heavy atom. The van der Waals surface area contributed by atoms with E-state index >= 15 is 0 Å². The fraction of sp³-hybridized carbons (Fsp3) is 0.574. The number of aliphatic imine (C=N–C) groups is 1. The Morgan fingerprint density at radius 1 is 0.806 bits per heavy atom. The second kappa shape index (κ2) is 27.0. The molecule has 3 aromatic heterocycles. The molecule has 394 valence electrons. The largest absolute Gasteiger partial charge is 0.453 e. The number of nitrogens with one attached hydrogen (secondary N) is 4. The van der Waals surface area contributed by atoms with Gasteiger partial charge in [-0.3, -0.25) is 19.6 Å². The summed E-state index contributed by atoms with van der Waals surface area (Å²) >= 11 is 0. The highest BCUT2D eigenvalue weighted by atomic mass is 16.5. The fourth-order valence-electron chi connectivity index (χ4n) is 9.95. The normalized spacial score (nSPS) is 21.7. The second-order valence-electron chi connectivity index (χ2n) is 18.9. The minimum absolute atomic E-state index is 0.0375. The highest BCUT2D eigenvalue weighted by molar-refractivity contribution is 5.87. The Balaban J connectivity index is 0.00000475.